The van der Waals surface area contributed by atoms with Crippen molar-refractivity contribution < 1.29 is 0 Å². The summed E-state index contributed by atoms with van der Waals surface area (Å²) in [5.74, 6) is 2.37. The average Bonchev–Trinajstić information content (AvgIpc) is 2.68. The van der Waals surface area contributed by atoms with Crippen molar-refractivity contribution in [1.29, 1.82) is 0 Å². The molecule has 27 heavy (non-hydrogen) atoms. The van der Waals surface area contributed by atoms with Gasteiger partial charge in [0.1, 0.15) is 0 Å². The van der Waals surface area contributed by atoms with Crippen molar-refractivity contribution in [3.63, 3.8) is 0 Å². The summed E-state index contributed by atoms with van der Waals surface area (Å²) in [5.41, 5.74) is 1.33. The van der Waals surface area contributed by atoms with Gasteiger partial charge in [-0.1, -0.05) is 13.8 Å². The van der Waals surface area contributed by atoms with Gasteiger partial charge in [0.15, 0.2) is 0 Å². The number of aromatic nitrogens is 2. The Morgan fingerprint density at radius 3 is 2.11 bits per heavy atom. The molecule has 0 bridgehead atoms. The lowest BCUT2D eigenvalue weighted by atomic mass is 9.91. The highest BCUT2D eigenvalue weighted by Gasteiger charge is 2.23. The zero-order chi connectivity index (χ0) is 19.2. The van der Waals surface area contributed by atoms with Crippen molar-refractivity contribution in [2.24, 2.45) is 5.92 Å². The number of nitrogens with zero attached hydrogens (tertiary/aromatic N) is 5. The van der Waals surface area contributed by atoms with Crippen LogP contribution in [0.15, 0.2) is 12.4 Å². The van der Waals surface area contributed by atoms with Gasteiger partial charge in [-0.3, -0.25) is 4.90 Å². The molecular weight excluding hydrogens is 334 g/mol. The summed E-state index contributed by atoms with van der Waals surface area (Å²) in [6, 6.07) is 0.631. The molecule has 1 aromatic heterocycles. The summed E-state index contributed by atoms with van der Waals surface area (Å²) < 4.78 is 0. The first-order chi connectivity index (χ1) is 13.0. The van der Waals surface area contributed by atoms with E-state index in [1.54, 1.807) is 0 Å². The molecule has 0 aliphatic carbocycles. The van der Waals surface area contributed by atoms with Crippen LogP contribution in [-0.4, -0.2) is 71.6 Å². The molecular formula is C22H39N5. The monoisotopic (exact) mass is 373 g/mol. The van der Waals surface area contributed by atoms with Gasteiger partial charge in [-0.25, -0.2) is 9.97 Å². The molecule has 0 radical (unpaired) electrons. The minimum atomic E-state index is 0.631. The van der Waals surface area contributed by atoms with E-state index in [9.17, 15) is 0 Å². The van der Waals surface area contributed by atoms with E-state index >= 15 is 0 Å². The highest BCUT2D eigenvalue weighted by atomic mass is 15.3. The average molecular weight is 374 g/mol. The SMILES string of the molecule is CC(C)CCCN1CCC(c2cnc(N3CCN(C(C)C)CC3)nc2)CC1. The van der Waals surface area contributed by atoms with E-state index in [1.165, 1.54) is 50.9 Å². The van der Waals surface area contributed by atoms with E-state index in [1.807, 2.05) is 0 Å². The third-order valence-corrected chi connectivity index (χ3v) is 6.30. The fourth-order valence-corrected chi connectivity index (χ4v) is 4.36. The Balaban J connectivity index is 1.45. The zero-order valence-corrected chi connectivity index (χ0v) is 17.9. The summed E-state index contributed by atoms with van der Waals surface area (Å²) in [4.78, 5) is 16.9. The van der Waals surface area contributed by atoms with Crippen LogP contribution in [0.25, 0.3) is 0 Å². The first-order valence-electron chi connectivity index (χ1n) is 11.1. The maximum Gasteiger partial charge on any atom is 0.225 e. The lowest BCUT2D eigenvalue weighted by molar-refractivity contribution is 0.205. The lowest BCUT2D eigenvalue weighted by Crippen LogP contribution is -2.49. The minimum Gasteiger partial charge on any atom is -0.338 e. The maximum atomic E-state index is 4.72. The van der Waals surface area contributed by atoms with Gasteiger partial charge < -0.3 is 9.80 Å². The van der Waals surface area contributed by atoms with Gasteiger partial charge >= 0.3 is 0 Å². The molecule has 0 amide bonds. The van der Waals surface area contributed by atoms with Crippen molar-refractivity contribution >= 4 is 5.95 Å². The standard InChI is InChI=1S/C22H39N5/c1-18(2)6-5-9-25-10-7-20(8-11-25)21-16-23-22(24-17-21)27-14-12-26(13-15-27)19(3)4/h16-20H,5-15H2,1-4H3. The van der Waals surface area contributed by atoms with Gasteiger partial charge in [0.2, 0.25) is 5.95 Å². The van der Waals surface area contributed by atoms with Gasteiger partial charge in [0.25, 0.3) is 0 Å². The molecule has 152 valence electrons. The highest BCUT2D eigenvalue weighted by molar-refractivity contribution is 5.31. The van der Waals surface area contributed by atoms with Gasteiger partial charge in [0, 0.05) is 44.6 Å². The Bertz CT molecular complexity index is 540. The number of rotatable bonds is 7. The number of piperidine rings is 1. The van der Waals surface area contributed by atoms with Crippen LogP contribution < -0.4 is 4.90 Å². The van der Waals surface area contributed by atoms with E-state index in [-0.39, 0.29) is 0 Å². The van der Waals surface area contributed by atoms with Crippen molar-refractivity contribution in [2.45, 2.75) is 65.3 Å². The van der Waals surface area contributed by atoms with Crippen LogP contribution in [0, 0.1) is 5.92 Å². The van der Waals surface area contributed by atoms with Crippen molar-refractivity contribution in [3.8, 4) is 0 Å². The molecule has 0 saturated carbocycles. The first kappa shape index (κ1) is 20.5. The normalized spacial score (nSPS) is 20.7. The van der Waals surface area contributed by atoms with Crippen molar-refractivity contribution in [2.75, 3.05) is 50.7 Å². The van der Waals surface area contributed by atoms with E-state index < -0.39 is 0 Å². The summed E-state index contributed by atoms with van der Waals surface area (Å²) in [6.45, 7) is 17.2. The van der Waals surface area contributed by atoms with Crippen LogP contribution in [0.5, 0.6) is 0 Å². The molecule has 3 heterocycles. The van der Waals surface area contributed by atoms with Crippen LogP contribution in [-0.2, 0) is 0 Å². The van der Waals surface area contributed by atoms with Crippen LogP contribution in [0.4, 0.5) is 5.95 Å². The molecule has 0 spiro atoms. The summed E-state index contributed by atoms with van der Waals surface area (Å²) >= 11 is 0. The molecule has 0 unspecified atom stereocenters. The second kappa shape index (κ2) is 9.83. The first-order valence-corrected chi connectivity index (χ1v) is 11.1. The molecule has 2 fully saturated rings. The van der Waals surface area contributed by atoms with E-state index in [4.69, 9.17) is 9.97 Å². The molecule has 1 aromatic rings. The molecule has 0 aromatic carbocycles. The Morgan fingerprint density at radius 1 is 0.926 bits per heavy atom. The van der Waals surface area contributed by atoms with Gasteiger partial charge in [-0.2, -0.15) is 0 Å². The molecule has 2 aliphatic heterocycles. The summed E-state index contributed by atoms with van der Waals surface area (Å²) in [5, 5.41) is 0. The van der Waals surface area contributed by atoms with Crippen LogP contribution in [0.1, 0.15) is 64.9 Å². The molecule has 2 saturated heterocycles. The minimum absolute atomic E-state index is 0.631. The quantitative estimate of drug-likeness (QED) is 0.729. The summed E-state index contributed by atoms with van der Waals surface area (Å²) in [7, 11) is 0. The number of piperazine rings is 1. The van der Waals surface area contributed by atoms with E-state index in [0.717, 1.165) is 38.0 Å². The third kappa shape index (κ3) is 5.89. The Hall–Kier alpha value is -1.20. The Morgan fingerprint density at radius 2 is 1.56 bits per heavy atom. The lowest BCUT2D eigenvalue weighted by Gasteiger charge is -2.37. The van der Waals surface area contributed by atoms with Gasteiger partial charge in [-0.15, -0.1) is 0 Å². The third-order valence-electron chi connectivity index (χ3n) is 6.30. The summed E-state index contributed by atoms with van der Waals surface area (Å²) in [6.07, 6.45) is 9.37. The van der Waals surface area contributed by atoms with E-state index in [0.29, 0.717) is 12.0 Å². The van der Waals surface area contributed by atoms with Crippen LogP contribution in [0.2, 0.25) is 0 Å². The zero-order valence-electron chi connectivity index (χ0n) is 17.9. The van der Waals surface area contributed by atoms with Crippen molar-refractivity contribution in [1.82, 2.24) is 19.8 Å². The molecule has 0 atom stereocenters. The fourth-order valence-electron chi connectivity index (χ4n) is 4.36. The second-order valence-electron chi connectivity index (χ2n) is 9.09. The number of anilines is 1. The predicted molar refractivity (Wildman–Crippen MR) is 113 cm³/mol. The second-order valence-corrected chi connectivity index (χ2v) is 9.09. The van der Waals surface area contributed by atoms with Gasteiger partial charge in [0.05, 0.1) is 0 Å². The Kier molecular flexibility index (Phi) is 7.48. The molecule has 0 N–H and O–H groups in total. The topological polar surface area (TPSA) is 35.5 Å². The largest absolute Gasteiger partial charge is 0.338 e. The molecule has 5 nitrogen and oxygen atoms in total. The smallest absolute Gasteiger partial charge is 0.225 e. The Labute approximate surface area is 166 Å². The van der Waals surface area contributed by atoms with Crippen molar-refractivity contribution in [3.05, 3.63) is 18.0 Å². The molecule has 5 heteroatoms. The predicted octanol–water partition coefficient (Wildman–Crippen LogP) is 3.62. The number of hydrogen-bond donors (Lipinski definition) is 0. The van der Waals surface area contributed by atoms with Gasteiger partial charge in [-0.05, 0) is 76.6 Å². The highest BCUT2D eigenvalue weighted by Crippen LogP contribution is 2.28. The number of likely N-dealkylation sites (tertiary alicyclic amines) is 1. The molecule has 3 rings (SSSR count). The van der Waals surface area contributed by atoms with Crippen LogP contribution >= 0.6 is 0 Å². The maximum absolute atomic E-state index is 4.72. The van der Waals surface area contributed by atoms with E-state index in [2.05, 4.69) is 54.8 Å². The fraction of sp³-hybridized carbons (Fsp3) is 0.818. The number of hydrogen-bond acceptors (Lipinski definition) is 5. The van der Waals surface area contributed by atoms with Crippen LogP contribution in [0.3, 0.4) is 0 Å². The molecule has 2 aliphatic rings.